The standard InChI is InChI=1S/C14H12N2O4/c17-9-7-14(18)15(8-9)12-5-6-13(16(19)20)11-4-2-1-3-10(11)12/h1-6,9,17H,7-8H2. The highest BCUT2D eigenvalue weighted by molar-refractivity contribution is 6.07. The molecule has 6 heteroatoms. The molecule has 102 valence electrons. The molecule has 0 bridgehead atoms. The van der Waals surface area contributed by atoms with E-state index in [1.807, 2.05) is 0 Å². The van der Waals surface area contributed by atoms with E-state index in [-0.39, 0.29) is 24.6 Å². The Labute approximate surface area is 114 Å². The van der Waals surface area contributed by atoms with E-state index in [1.165, 1.54) is 11.0 Å². The Hall–Kier alpha value is -2.47. The van der Waals surface area contributed by atoms with Crippen LogP contribution in [0.15, 0.2) is 36.4 Å². The number of carbonyl (C=O) groups excluding carboxylic acids is 1. The number of rotatable bonds is 2. The van der Waals surface area contributed by atoms with Crippen molar-refractivity contribution in [1.82, 2.24) is 0 Å². The number of hydrogen-bond acceptors (Lipinski definition) is 4. The summed E-state index contributed by atoms with van der Waals surface area (Å²) in [6, 6.07) is 9.86. The minimum Gasteiger partial charge on any atom is -0.391 e. The van der Waals surface area contributed by atoms with E-state index in [4.69, 9.17) is 0 Å². The molecular weight excluding hydrogens is 260 g/mol. The van der Waals surface area contributed by atoms with Gasteiger partial charge in [0.15, 0.2) is 0 Å². The lowest BCUT2D eigenvalue weighted by Crippen LogP contribution is -2.25. The van der Waals surface area contributed by atoms with E-state index in [0.29, 0.717) is 16.5 Å². The van der Waals surface area contributed by atoms with Gasteiger partial charge in [0.05, 0.1) is 35.1 Å². The zero-order chi connectivity index (χ0) is 14.3. The highest BCUT2D eigenvalue weighted by Gasteiger charge is 2.30. The molecule has 2 aromatic carbocycles. The molecule has 0 aromatic heterocycles. The smallest absolute Gasteiger partial charge is 0.277 e. The van der Waals surface area contributed by atoms with Crippen LogP contribution >= 0.6 is 0 Å². The topological polar surface area (TPSA) is 83.7 Å². The van der Waals surface area contributed by atoms with Gasteiger partial charge < -0.3 is 10.0 Å². The number of amides is 1. The van der Waals surface area contributed by atoms with Crippen LogP contribution in [0.3, 0.4) is 0 Å². The van der Waals surface area contributed by atoms with Gasteiger partial charge in [-0.1, -0.05) is 18.2 Å². The van der Waals surface area contributed by atoms with Gasteiger partial charge in [0.1, 0.15) is 0 Å². The Bertz CT molecular complexity index is 713. The number of β-amino-alcohol motifs (C(OH)–C–C–N with tert-alkyl or cyclic N) is 1. The van der Waals surface area contributed by atoms with Crippen molar-refractivity contribution < 1.29 is 14.8 Å². The maximum Gasteiger partial charge on any atom is 0.277 e. The Morgan fingerprint density at radius 1 is 1.20 bits per heavy atom. The second-order valence-electron chi connectivity index (χ2n) is 4.77. The minimum absolute atomic E-state index is 0.0107. The normalized spacial score (nSPS) is 18.8. The molecular formula is C14H12N2O4. The van der Waals surface area contributed by atoms with Gasteiger partial charge >= 0.3 is 0 Å². The number of fused-ring (bicyclic) bond motifs is 1. The Balaban J connectivity index is 2.21. The molecule has 1 unspecified atom stereocenters. The first-order valence-corrected chi connectivity index (χ1v) is 6.22. The molecule has 1 aliphatic rings. The van der Waals surface area contributed by atoms with Crippen molar-refractivity contribution in [2.45, 2.75) is 12.5 Å². The molecule has 2 aromatic rings. The van der Waals surface area contributed by atoms with Crippen molar-refractivity contribution in [3.63, 3.8) is 0 Å². The van der Waals surface area contributed by atoms with Crippen LogP contribution in [-0.4, -0.2) is 28.6 Å². The van der Waals surface area contributed by atoms with Gasteiger partial charge in [0, 0.05) is 11.5 Å². The first-order valence-electron chi connectivity index (χ1n) is 6.22. The summed E-state index contributed by atoms with van der Waals surface area (Å²) in [7, 11) is 0. The molecule has 0 spiro atoms. The van der Waals surface area contributed by atoms with Gasteiger partial charge in [-0.15, -0.1) is 0 Å². The monoisotopic (exact) mass is 272 g/mol. The lowest BCUT2D eigenvalue weighted by Gasteiger charge is -2.18. The van der Waals surface area contributed by atoms with E-state index in [1.54, 1.807) is 30.3 Å². The number of hydrogen-bond donors (Lipinski definition) is 1. The van der Waals surface area contributed by atoms with Crippen molar-refractivity contribution in [3.8, 4) is 0 Å². The summed E-state index contributed by atoms with van der Waals surface area (Å²) in [4.78, 5) is 24.0. The fourth-order valence-corrected chi connectivity index (χ4v) is 2.58. The number of carbonyl (C=O) groups is 1. The Morgan fingerprint density at radius 3 is 2.50 bits per heavy atom. The molecule has 1 N–H and O–H groups in total. The number of aliphatic hydroxyl groups is 1. The van der Waals surface area contributed by atoms with Gasteiger partial charge in [0.2, 0.25) is 5.91 Å². The van der Waals surface area contributed by atoms with Gasteiger partial charge in [-0.05, 0) is 12.1 Å². The molecule has 1 aliphatic heterocycles. The van der Waals surface area contributed by atoms with E-state index < -0.39 is 11.0 Å². The molecule has 6 nitrogen and oxygen atoms in total. The van der Waals surface area contributed by atoms with Crippen LogP contribution in [0.1, 0.15) is 6.42 Å². The minimum atomic E-state index is -0.684. The third-order valence-corrected chi connectivity index (χ3v) is 3.47. The van der Waals surface area contributed by atoms with Gasteiger partial charge in [-0.2, -0.15) is 0 Å². The SMILES string of the molecule is O=C1CC(O)CN1c1ccc([N+](=O)[O-])c2ccccc12. The highest BCUT2D eigenvalue weighted by Crippen LogP contribution is 2.35. The van der Waals surface area contributed by atoms with Crippen molar-refractivity contribution in [2.24, 2.45) is 0 Å². The number of nitrogens with zero attached hydrogens (tertiary/aromatic N) is 2. The first kappa shape index (κ1) is 12.6. The summed E-state index contributed by atoms with van der Waals surface area (Å²) in [5, 5.41) is 21.8. The van der Waals surface area contributed by atoms with E-state index in [2.05, 4.69) is 0 Å². The quantitative estimate of drug-likeness (QED) is 0.668. The number of aliphatic hydroxyl groups excluding tert-OH is 1. The molecule has 1 atom stereocenters. The molecule has 20 heavy (non-hydrogen) atoms. The molecule has 1 heterocycles. The summed E-state index contributed by atoms with van der Waals surface area (Å²) in [5.74, 6) is -0.170. The maximum absolute atomic E-state index is 11.9. The zero-order valence-corrected chi connectivity index (χ0v) is 10.5. The summed E-state index contributed by atoms with van der Waals surface area (Å²) in [5.41, 5.74) is 0.615. The summed E-state index contributed by atoms with van der Waals surface area (Å²) < 4.78 is 0. The average Bonchev–Trinajstić information content (AvgIpc) is 2.76. The van der Waals surface area contributed by atoms with E-state index in [0.717, 1.165) is 0 Å². The Kier molecular flexibility index (Phi) is 2.87. The van der Waals surface area contributed by atoms with Gasteiger partial charge in [-0.3, -0.25) is 14.9 Å². The first-order chi connectivity index (χ1) is 9.58. The van der Waals surface area contributed by atoms with Gasteiger partial charge in [-0.25, -0.2) is 0 Å². The predicted molar refractivity (Wildman–Crippen MR) is 73.6 cm³/mol. The van der Waals surface area contributed by atoms with Crippen molar-refractivity contribution in [1.29, 1.82) is 0 Å². The third-order valence-electron chi connectivity index (χ3n) is 3.47. The van der Waals surface area contributed by atoms with Gasteiger partial charge in [0.25, 0.3) is 5.69 Å². The highest BCUT2D eigenvalue weighted by atomic mass is 16.6. The lowest BCUT2D eigenvalue weighted by atomic mass is 10.1. The van der Waals surface area contributed by atoms with Crippen molar-refractivity contribution in [3.05, 3.63) is 46.5 Å². The second-order valence-corrected chi connectivity index (χ2v) is 4.77. The molecule has 1 fully saturated rings. The predicted octanol–water partition coefficient (Wildman–Crippen LogP) is 1.85. The molecule has 0 aliphatic carbocycles. The lowest BCUT2D eigenvalue weighted by molar-refractivity contribution is -0.383. The second kappa shape index (κ2) is 4.57. The third kappa shape index (κ3) is 1.90. The maximum atomic E-state index is 11.9. The molecule has 1 amide bonds. The van der Waals surface area contributed by atoms with E-state index in [9.17, 15) is 20.0 Å². The van der Waals surface area contributed by atoms with Crippen LogP contribution in [0.2, 0.25) is 0 Å². The summed E-state index contributed by atoms with van der Waals surface area (Å²) >= 11 is 0. The average molecular weight is 272 g/mol. The Morgan fingerprint density at radius 2 is 1.90 bits per heavy atom. The van der Waals surface area contributed by atoms with Crippen LogP contribution in [0, 0.1) is 10.1 Å². The van der Waals surface area contributed by atoms with Crippen LogP contribution in [0.4, 0.5) is 11.4 Å². The number of benzene rings is 2. The largest absolute Gasteiger partial charge is 0.391 e. The van der Waals surface area contributed by atoms with Crippen LogP contribution in [0.5, 0.6) is 0 Å². The summed E-state index contributed by atoms with van der Waals surface area (Å²) in [6.45, 7) is 0.223. The van der Waals surface area contributed by atoms with Crippen LogP contribution < -0.4 is 4.90 Å². The molecule has 0 radical (unpaired) electrons. The van der Waals surface area contributed by atoms with Crippen molar-refractivity contribution in [2.75, 3.05) is 11.4 Å². The molecule has 1 saturated heterocycles. The van der Waals surface area contributed by atoms with E-state index >= 15 is 0 Å². The molecule has 0 saturated carbocycles. The van der Waals surface area contributed by atoms with Crippen LogP contribution in [0.25, 0.3) is 10.8 Å². The fourth-order valence-electron chi connectivity index (χ4n) is 2.58. The van der Waals surface area contributed by atoms with Crippen molar-refractivity contribution >= 4 is 28.1 Å². The zero-order valence-electron chi connectivity index (χ0n) is 10.5. The van der Waals surface area contributed by atoms with Crippen LogP contribution in [-0.2, 0) is 4.79 Å². The fraction of sp³-hybridized carbons (Fsp3) is 0.214. The number of non-ortho nitro benzene ring substituents is 1. The molecule has 3 rings (SSSR count). The number of nitro groups is 1. The number of anilines is 1. The summed E-state index contributed by atoms with van der Waals surface area (Å²) in [6.07, 6.45) is -0.595. The number of nitro benzene ring substituents is 1.